The van der Waals surface area contributed by atoms with Gasteiger partial charge in [0.2, 0.25) is 0 Å². The molecule has 0 unspecified atom stereocenters. The molecule has 134 valence electrons. The van der Waals surface area contributed by atoms with Crippen LogP contribution in [0.3, 0.4) is 0 Å². The zero-order valence-corrected chi connectivity index (χ0v) is 14.2. The average molecular weight is 362 g/mol. The number of rotatable bonds is 4. The fraction of sp³-hybridized carbons (Fsp3) is 0.105. The van der Waals surface area contributed by atoms with Crippen LogP contribution in [-0.2, 0) is 4.79 Å². The molecule has 3 aromatic rings. The van der Waals surface area contributed by atoms with Crippen LogP contribution in [0.25, 0.3) is 27.0 Å². The Morgan fingerprint density at radius 1 is 1.15 bits per heavy atom. The van der Waals surface area contributed by atoms with Crippen LogP contribution in [0, 0.1) is 13.5 Å². The topological polar surface area (TPSA) is 117 Å². The number of carboxylic acids is 1. The number of nitrogens with one attached hydrogen (secondary N) is 1. The molecule has 0 saturated heterocycles. The zero-order valence-electron chi connectivity index (χ0n) is 14.2. The van der Waals surface area contributed by atoms with Crippen molar-refractivity contribution in [3.63, 3.8) is 0 Å². The Bertz CT molecular complexity index is 1100. The molecule has 0 fully saturated rings. The lowest BCUT2D eigenvalue weighted by Gasteiger charge is -2.10. The smallest absolute Gasteiger partial charge is 0.322 e. The van der Waals surface area contributed by atoms with E-state index in [4.69, 9.17) is 11.7 Å². The average Bonchev–Trinajstić information content (AvgIpc) is 2.68. The van der Waals surface area contributed by atoms with Crippen molar-refractivity contribution < 1.29 is 19.8 Å². The third-order valence-corrected chi connectivity index (χ3v) is 3.90. The van der Waals surface area contributed by atoms with Gasteiger partial charge in [-0.3, -0.25) is 9.59 Å². The molecule has 2 heterocycles. The van der Waals surface area contributed by atoms with Crippen molar-refractivity contribution in [1.82, 2.24) is 15.3 Å². The van der Waals surface area contributed by atoms with Crippen molar-refractivity contribution in [2.24, 2.45) is 0 Å². The SMILES string of the molecule is [C-]#[N+]c1ccc(-c2ccc3c(O)c(C(=O)NCC(=O)O)nc(C)c3n2)cc1. The van der Waals surface area contributed by atoms with Gasteiger partial charge in [-0.25, -0.2) is 14.8 Å². The highest BCUT2D eigenvalue weighted by Crippen LogP contribution is 2.31. The van der Waals surface area contributed by atoms with Crippen LogP contribution in [0.1, 0.15) is 16.2 Å². The molecule has 0 aliphatic carbocycles. The number of carbonyl (C=O) groups is 2. The molecule has 3 N–H and O–H groups in total. The molecule has 1 amide bonds. The molecule has 0 spiro atoms. The number of benzene rings is 1. The number of fused-ring (bicyclic) bond motifs is 1. The first kappa shape index (κ1) is 17.8. The number of aromatic hydroxyl groups is 1. The zero-order chi connectivity index (χ0) is 19.6. The quantitative estimate of drug-likeness (QED) is 0.614. The van der Waals surface area contributed by atoms with Gasteiger partial charge >= 0.3 is 5.97 Å². The summed E-state index contributed by atoms with van der Waals surface area (Å²) >= 11 is 0. The third-order valence-electron chi connectivity index (χ3n) is 3.90. The molecule has 0 saturated carbocycles. The van der Waals surface area contributed by atoms with Crippen LogP contribution in [0.2, 0.25) is 0 Å². The number of aliphatic carboxylic acids is 1. The maximum absolute atomic E-state index is 12.1. The standard InChI is InChI=1S/C19H14N4O4/c1-10-16-13(18(26)17(22-10)19(27)21-9-15(24)25)7-8-14(23-16)11-3-5-12(20-2)6-4-11/h3-8,26H,9H2,1H3,(H,21,27)(H,24,25). The Hall–Kier alpha value is -3.99. The Morgan fingerprint density at radius 2 is 1.85 bits per heavy atom. The Kier molecular flexibility index (Phi) is 4.68. The van der Waals surface area contributed by atoms with E-state index < -0.39 is 18.4 Å². The van der Waals surface area contributed by atoms with E-state index in [0.717, 1.165) is 5.56 Å². The fourth-order valence-corrected chi connectivity index (χ4v) is 2.59. The van der Waals surface area contributed by atoms with Gasteiger partial charge in [0.1, 0.15) is 6.54 Å². The maximum Gasteiger partial charge on any atom is 0.322 e. The maximum atomic E-state index is 12.1. The molecule has 0 atom stereocenters. The molecule has 2 aromatic heterocycles. The van der Waals surface area contributed by atoms with Crippen LogP contribution < -0.4 is 5.32 Å². The van der Waals surface area contributed by atoms with Gasteiger partial charge in [0.15, 0.2) is 17.1 Å². The molecule has 0 radical (unpaired) electrons. The summed E-state index contributed by atoms with van der Waals surface area (Å²) in [6.07, 6.45) is 0. The van der Waals surface area contributed by atoms with Crippen molar-refractivity contribution in [2.45, 2.75) is 6.92 Å². The van der Waals surface area contributed by atoms with E-state index in [0.29, 0.717) is 28.0 Å². The van der Waals surface area contributed by atoms with Crippen LogP contribution >= 0.6 is 0 Å². The monoisotopic (exact) mass is 362 g/mol. The number of amides is 1. The highest BCUT2D eigenvalue weighted by atomic mass is 16.4. The van der Waals surface area contributed by atoms with E-state index in [1.807, 2.05) is 0 Å². The molecular formula is C19H14N4O4. The van der Waals surface area contributed by atoms with Crippen molar-refractivity contribution >= 4 is 28.5 Å². The first-order valence-corrected chi connectivity index (χ1v) is 7.89. The summed E-state index contributed by atoms with van der Waals surface area (Å²) in [6, 6.07) is 10.2. The summed E-state index contributed by atoms with van der Waals surface area (Å²) in [5.41, 5.74) is 2.54. The normalized spacial score (nSPS) is 10.4. The first-order chi connectivity index (χ1) is 12.9. The summed E-state index contributed by atoms with van der Waals surface area (Å²) < 4.78 is 0. The van der Waals surface area contributed by atoms with Gasteiger partial charge in [-0.05, 0) is 24.6 Å². The second kappa shape index (κ2) is 7.09. The molecule has 8 nitrogen and oxygen atoms in total. The second-order valence-corrected chi connectivity index (χ2v) is 5.72. The van der Waals surface area contributed by atoms with E-state index in [-0.39, 0.29) is 11.4 Å². The summed E-state index contributed by atoms with van der Waals surface area (Å²) in [5, 5.41) is 21.6. The van der Waals surface area contributed by atoms with E-state index in [1.165, 1.54) is 0 Å². The van der Waals surface area contributed by atoms with Crippen molar-refractivity contribution in [2.75, 3.05) is 6.54 Å². The Labute approximate surface area is 153 Å². The molecule has 0 aliphatic heterocycles. The number of hydrogen-bond acceptors (Lipinski definition) is 5. The lowest BCUT2D eigenvalue weighted by Crippen LogP contribution is -2.30. The van der Waals surface area contributed by atoms with Crippen molar-refractivity contribution in [3.8, 4) is 17.0 Å². The molecule has 1 aromatic carbocycles. The number of nitrogens with zero attached hydrogens (tertiary/aromatic N) is 3. The van der Waals surface area contributed by atoms with Crippen LogP contribution in [0.4, 0.5) is 5.69 Å². The number of carboxylic acid groups (broad SMARTS) is 1. The Morgan fingerprint density at radius 3 is 2.48 bits per heavy atom. The largest absolute Gasteiger partial charge is 0.505 e. The molecule has 8 heteroatoms. The molecule has 0 bridgehead atoms. The highest BCUT2D eigenvalue weighted by Gasteiger charge is 2.19. The van der Waals surface area contributed by atoms with Crippen molar-refractivity contribution in [3.05, 3.63) is 59.2 Å². The first-order valence-electron chi connectivity index (χ1n) is 7.89. The third kappa shape index (κ3) is 3.52. The lowest BCUT2D eigenvalue weighted by atomic mass is 10.1. The van der Waals surface area contributed by atoms with Gasteiger partial charge in [-0.1, -0.05) is 24.3 Å². The minimum atomic E-state index is -1.20. The second-order valence-electron chi connectivity index (χ2n) is 5.72. The Balaban J connectivity index is 2.04. The molecule has 27 heavy (non-hydrogen) atoms. The molecule has 0 aliphatic rings. The number of hydrogen-bond donors (Lipinski definition) is 3. The van der Waals surface area contributed by atoms with Crippen LogP contribution in [0.5, 0.6) is 5.75 Å². The van der Waals surface area contributed by atoms with Gasteiger partial charge in [0.25, 0.3) is 5.91 Å². The predicted molar refractivity (Wildman–Crippen MR) is 97.6 cm³/mol. The lowest BCUT2D eigenvalue weighted by molar-refractivity contribution is -0.135. The van der Waals surface area contributed by atoms with E-state index in [1.54, 1.807) is 43.3 Å². The summed E-state index contributed by atoms with van der Waals surface area (Å²) in [4.78, 5) is 34.6. The predicted octanol–water partition coefficient (Wildman–Crippen LogP) is 2.68. The molecular weight excluding hydrogens is 348 g/mol. The molecule has 3 rings (SSSR count). The van der Waals surface area contributed by atoms with Crippen LogP contribution in [-0.4, -0.2) is 38.6 Å². The number of pyridine rings is 2. The number of aromatic nitrogens is 2. The number of carbonyl (C=O) groups excluding carboxylic acids is 1. The van der Waals surface area contributed by atoms with E-state index in [2.05, 4.69) is 20.1 Å². The minimum Gasteiger partial charge on any atom is -0.505 e. The van der Waals surface area contributed by atoms with Crippen molar-refractivity contribution in [1.29, 1.82) is 0 Å². The van der Waals surface area contributed by atoms with Gasteiger partial charge in [-0.15, -0.1) is 0 Å². The van der Waals surface area contributed by atoms with E-state index in [9.17, 15) is 14.7 Å². The van der Waals surface area contributed by atoms with Crippen LogP contribution in [0.15, 0.2) is 36.4 Å². The summed E-state index contributed by atoms with van der Waals surface area (Å²) in [7, 11) is 0. The number of aryl methyl sites for hydroxylation is 1. The highest BCUT2D eigenvalue weighted by molar-refractivity contribution is 6.02. The van der Waals surface area contributed by atoms with Gasteiger partial charge in [0.05, 0.1) is 23.5 Å². The van der Waals surface area contributed by atoms with Gasteiger partial charge in [-0.2, -0.15) is 0 Å². The fourth-order valence-electron chi connectivity index (χ4n) is 2.59. The van der Waals surface area contributed by atoms with E-state index >= 15 is 0 Å². The minimum absolute atomic E-state index is 0.253. The summed E-state index contributed by atoms with van der Waals surface area (Å²) in [6.45, 7) is 8.07. The summed E-state index contributed by atoms with van der Waals surface area (Å²) in [5.74, 6) is -2.34. The van der Waals surface area contributed by atoms with Gasteiger partial charge < -0.3 is 15.5 Å². The van der Waals surface area contributed by atoms with Gasteiger partial charge in [0, 0.05) is 5.39 Å².